The lowest BCUT2D eigenvalue weighted by atomic mass is 10.5. The molecule has 0 atom stereocenters. The van der Waals surface area contributed by atoms with Crippen LogP contribution in [0.5, 0.6) is 0 Å². The molecule has 7 heteroatoms. The molecule has 1 aromatic heterocycles. The Morgan fingerprint density at radius 1 is 1.17 bits per heavy atom. The first kappa shape index (κ1) is 15.5. The van der Waals surface area contributed by atoms with Crippen LogP contribution in [0.1, 0.15) is 20.8 Å². The number of alkyl halides is 1. The molecule has 0 amide bonds. The lowest BCUT2D eigenvalue weighted by Gasteiger charge is -2.19. The SMILES string of the molecule is CCNc1nc(SCCBr)nc(N(CC)CC)n1. The highest BCUT2D eigenvalue weighted by atomic mass is 79.9. The molecule has 1 aromatic rings. The zero-order valence-corrected chi connectivity index (χ0v) is 13.5. The van der Waals surface area contributed by atoms with Crippen molar-refractivity contribution in [3.05, 3.63) is 0 Å². The summed E-state index contributed by atoms with van der Waals surface area (Å²) in [5, 5.41) is 4.86. The van der Waals surface area contributed by atoms with Gasteiger partial charge in [-0.1, -0.05) is 27.7 Å². The van der Waals surface area contributed by atoms with Gasteiger partial charge in [0.25, 0.3) is 0 Å². The quantitative estimate of drug-likeness (QED) is 0.583. The average molecular weight is 334 g/mol. The number of nitrogens with one attached hydrogen (secondary N) is 1. The summed E-state index contributed by atoms with van der Waals surface area (Å²) in [5.74, 6) is 2.36. The first-order valence-electron chi connectivity index (χ1n) is 6.18. The van der Waals surface area contributed by atoms with Crippen LogP contribution in [-0.2, 0) is 0 Å². The van der Waals surface area contributed by atoms with Crippen molar-refractivity contribution in [3.8, 4) is 0 Å². The van der Waals surface area contributed by atoms with E-state index in [1.165, 1.54) is 0 Å². The van der Waals surface area contributed by atoms with E-state index in [2.05, 4.69) is 54.9 Å². The van der Waals surface area contributed by atoms with E-state index in [4.69, 9.17) is 0 Å². The Hall–Kier alpha value is -0.560. The number of hydrogen-bond acceptors (Lipinski definition) is 6. The average Bonchev–Trinajstić information content (AvgIpc) is 2.38. The van der Waals surface area contributed by atoms with Gasteiger partial charge in [0.2, 0.25) is 11.9 Å². The summed E-state index contributed by atoms with van der Waals surface area (Å²) >= 11 is 5.05. The van der Waals surface area contributed by atoms with E-state index < -0.39 is 0 Å². The third-order valence-corrected chi connectivity index (χ3v) is 4.06. The minimum Gasteiger partial charge on any atom is -0.354 e. The van der Waals surface area contributed by atoms with Gasteiger partial charge in [-0.2, -0.15) is 15.0 Å². The molecule has 0 aliphatic rings. The second kappa shape index (κ2) is 8.53. The molecule has 0 saturated heterocycles. The van der Waals surface area contributed by atoms with Crippen LogP contribution in [0, 0.1) is 0 Å². The van der Waals surface area contributed by atoms with E-state index in [0.717, 1.165) is 41.8 Å². The maximum absolute atomic E-state index is 4.50. The van der Waals surface area contributed by atoms with Gasteiger partial charge < -0.3 is 10.2 Å². The number of halogens is 1. The van der Waals surface area contributed by atoms with E-state index in [1.54, 1.807) is 11.8 Å². The lowest BCUT2D eigenvalue weighted by Crippen LogP contribution is -2.25. The molecule has 18 heavy (non-hydrogen) atoms. The Bertz CT molecular complexity index is 359. The first-order chi connectivity index (χ1) is 8.74. The Morgan fingerprint density at radius 2 is 1.89 bits per heavy atom. The molecule has 0 aliphatic carbocycles. The molecule has 102 valence electrons. The van der Waals surface area contributed by atoms with Crippen molar-refractivity contribution >= 4 is 39.6 Å². The highest BCUT2D eigenvalue weighted by molar-refractivity contribution is 9.09. The van der Waals surface area contributed by atoms with Crippen molar-refractivity contribution < 1.29 is 0 Å². The van der Waals surface area contributed by atoms with Gasteiger partial charge in [-0.05, 0) is 20.8 Å². The molecule has 5 nitrogen and oxygen atoms in total. The second-order valence-corrected chi connectivity index (χ2v) is 5.34. The zero-order chi connectivity index (χ0) is 13.4. The molecular weight excluding hydrogens is 314 g/mol. The highest BCUT2D eigenvalue weighted by Gasteiger charge is 2.10. The topological polar surface area (TPSA) is 53.9 Å². The Balaban J connectivity index is 2.96. The van der Waals surface area contributed by atoms with E-state index in [9.17, 15) is 0 Å². The van der Waals surface area contributed by atoms with Crippen LogP contribution in [0.3, 0.4) is 0 Å². The molecule has 1 heterocycles. The van der Waals surface area contributed by atoms with Gasteiger partial charge in [0.15, 0.2) is 5.16 Å². The maximum atomic E-state index is 4.50. The van der Waals surface area contributed by atoms with E-state index in [0.29, 0.717) is 5.95 Å². The summed E-state index contributed by atoms with van der Waals surface area (Å²) in [7, 11) is 0. The summed E-state index contributed by atoms with van der Waals surface area (Å²) in [4.78, 5) is 15.5. The van der Waals surface area contributed by atoms with Crippen molar-refractivity contribution in [1.82, 2.24) is 15.0 Å². The summed E-state index contributed by atoms with van der Waals surface area (Å²) in [5.41, 5.74) is 0. The molecule has 0 aromatic carbocycles. The molecule has 0 saturated carbocycles. The fourth-order valence-electron chi connectivity index (χ4n) is 1.43. The Kier molecular flexibility index (Phi) is 7.34. The van der Waals surface area contributed by atoms with E-state index >= 15 is 0 Å². The third-order valence-electron chi connectivity index (χ3n) is 2.29. The molecule has 0 fully saturated rings. The predicted molar refractivity (Wildman–Crippen MR) is 82.1 cm³/mol. The Labute approximate surface area is 121 Å². The summed E-state index contributed by atoms with van der Waals surface area (Å²) < 4.78 is 0. The van der Waals surface area contributed by atoms with Crippen molar-refractivity contribution in [3.63, 3.8) is 0 Å². The van der Waals surface area contributed by atoms with Crippen molar-refractivity contribution in [2.75, 3.05) is 40.9 Å². The minimum atomic E-state index is 0.659. The number of hydrogen-bond donors (Lipinski definition) is 1. The van der Waals surface area contributed by atoms with E-state index in [1.807, 2.05) is 6.92 Å². The maximum Gasteiger partial charge on any atom is 0.231 e. The molecule has 1 N–H and O–H groups in total. The van der Waals surface area contributed by atoms with Crippen molar-refractivity contribution in [1.29, 1.82) is 0 Å². The van der Waals surface area contributed by atoms with Crippen LogP contribution in [0.4, 0.5) is 11.9 Å². The number of rotatable bonds is 8. The zero-order valence-electron chi connectivity index (χ0n) is 11.1. The van der Waals surface area contributed by atoms with E-state index in [-0.39, 0.29) is 0 Å². The third kappa shape index (κ3) is 4.61. The van der Waals surface area contributed by atoms with Gasteiger partial charge in [-0.15, -0.1) is 0 Å². The molecule has 0 unspecified atom stereocenters. The fraction of sp³-hybridized carbons (Fsp3) is 0.727. The van der Waals surface area contributed by atoms with Crippen LogP contribution < -0.4 is 10.2 Å². The van der Waals surface area contributed by atoms with Gasteiger partial charge in [0, 0.05) is 30.7 Å². The van der Waals surface area contributed by atoms with Gasteiger partial charge in [0.05, 0.1) is 0 Å². The standard InChI is InChI=1S/C11H20BrN5S/c1-4-13-9-14-10(17(5-2)6-3)16-11(15-9)18-8-7-12/h4-8H2,1-3H3,(H,13,14,15,16). The number of nitrogens with zero attached hydrogens (tertiary/aromatic N) is 4. The van der Waals surface area contributed by atoms with Gasteiger partial charge in [-0.25, -0.2) is 0 Å². The highest BCUT2D eigenvalue weighted by Crippen LogP contribution is 2.18. The number of thioether (sulfide) groups is 1. The number of anilines is 2. The normalized spacial score (nSPS) is 10.4. The van der Waals surface area contributed by atoms with Gasteiger partial charge in [-0.3, -0.25) is 0 Å². The Morgan fingerprint density at radius 3 is 2.44 bits per heavy atom. The summed E-state index contributed by atoms with van der Waals surface area (Å²) in [6.07, 6.45) is 0. The van der Waals surface area contributed by atoms with Crippen LogP contribution in [0.25, 0.3) is 0 Å². The predicted octanol–water partition coefficient (Wildman–Crippen LogP) is 2.64. The minimum absolute atomic E-state index is 0.659. The molecule has 0 radical (unpaired) electrons. The molecule has 0 bridgehead atoms. The van der Waals surface area contributed by atoms with Crippen LogP contribution in [0.15, 0.2) is 5.16 Å². The summed E-state index contributed by atoms with van der Waals surface area (Å²) in [6, 6.07) is 0. The first-order valence-corrected chi connectivity index (χ1v) is 8.29. The van der Waals surface area contributed by atoms with Gasteiger partial charge >= 0.3 is 0 Å². The monoisotopic (exact) mass is 333 g/mol. The number of aromatic nitrogens is 3. The fourth-order valence-corrected chi connectivity index (χ4v) is 2.47. The van der Waals surface area contributed by atoms with Crippen LogP contribution in [0.2, 0.25) is 0 Å². The van der Waals surface area contributed by atoms with Crippen molar-refractivity contribution in [2.24, 2.45) is 0 Å². The molecule has 1 rings (SSSR count). The second-order valence-electron chi connectivity index (χ2n) is 3.48. The molecular formula is C11H20BrN5S. The van der Waals surface area contributed by atoms with Crippen molar-refractivity contribution in [2.45, 2.75) is 25.9 Å². The lowest BCUT2D eigenvalue weighted by molar-refractivity contribution is 0.783. The van der Waals surface area contributed by atoms with Crippen LogP contribution >= 0.6 is 27.7 Å². The molecule has 0 spiro atoms. The van der Waals surface area contributed by atoms with Crippen LogP contribution in [-0.4, -0.2) is 45.7 Å². The largest absolute Gasteiger partial charge is 0.354 e. The smallest absolute Gasteiger partial charge is 0.231 e. The van der Waals surface area contributed by atoms with Gasteiger partial charge in [0.1, 0.15) is 0 Å². The molecule has 0 aliphatic heterocycles. The summed E-state index contributed by atoms with van der Waals surface area (Å²) in [6.45, 7) is 8.84.